The standard InChI is InChI=1S/C25H27ClN2O4S/c1-2-32-23-14-12-22(13-15-23)28(33(30,31)24-16-10-21(26)11-17-24)19-25(29)27-18-6-9-20-7-4-3-5-8-20/h3-5,7-8,10-17H,2,6,9,18-19H2,1H3,(H,27,29). The molecule has 3 aromatic rings. The van der Waals surface area contributed by atoms with Gasteiger partial charge in [-0.05, 0) is 73.9 Å². The number of nitrogens with zero attached hydrogens (tertiary/aromatic N) is 1. The molecule has 3 rings (SSSR count). The van der Waals surface area contributed by atoms with Crippen molar-refractivity contribution < 1.29 is 17.9 Å². The quantitative estimate of drug-likeness (QED) is 0.399. The number of benzene rings is 3. The van der Waals surface area contributed by atoms with Crippen LogP contribution in [0.1, 0.15) is 18.9 Å². The molecule has 33 heavy (non-hydrogen) atoms. The number of hydrogen-bond donors (Lipinski definition) is 1. The van der Waals surface area contributed by atoms with E-state index in [0.29, 0.717) is 29.6 Å². The number of anilines is 1. The second-order valence-electron chi connectivity index (χ2n) is 7.33. The van der Waals surface area contributed by atoms with Crippen LogP contribution in [0, 0.1) is 0 Å². The lowest BCUT2D eigenvalue weighted by atomic mass is 10.1. The highest BCUT2D eigenvalue weighted by Gasteiger charge is 2.27. The monoisotopic (exact) mass is 486 g/mol. The summed E-state index contributed by atoms with van der Waals surface area (Å²) in [6.07, 6.45) is 1.58. The summed E-state index contributed by atoms with van der Waals surface area (Å²) in [6, 6.07) is 22.5. The van der Waals surface area contributed by atoms with Gasteiger partial charge in [-0.3, -0.25) is 9.10 Å². The molecule has 6 nitrogen and oxygen atoms in total. The summed E-state index contributed by atoms with van der Waals surface area (Å²) in [5.41, 5.74) is 1.56. The third kappa shape index (κ3) is 6.97. The van der Waals surface area contributed by atoms with Crippen molar-refractivity contribution in [1.82, 2.24) is 5.32 Å². The van der Waals surface area contributed by atoms with Gasteiger partial charge in [0.05, 0.1) is 17.2 Å². The SMILES string of the molecule is CCOc1ccc(N(CC(=O)NCCCc2ccccc2)S(=O)(=O)c2ccc(Cl)cc2)cc1. The van der Waals surface area contributed by atoms with Gasteiger partial charge >= 0.3 is 0 Å². The summed E-state index contributed by atoms with van der Waals surface area (Å²) in [4.78, 5) is 12.7. The topological polar surface area (TPSA) is 75.7 Å². The van der Waals surface area contributed by atoms with Crippen LogP contribution in [-0.2, 0) is 21.2 Å². The molecule has 0 aliphatic rings. The average molecular weight is 487 g/mol. The molecular formula is C25H27ClN2O4S. The molecule has 0 heterocycles. The van der Waals surface area contributed by atoms with E-state index < -0.39 is 10.0 Å². The van der Waals surface area contributed by atoms with Gasteiger partial charge in [-0.1, -0.05) is 41.9 Å². The summed E-state index contributed by atoms with van der Waals surface area (Å²) in [5.74, 6) is 0.241. The maximum absolute atomic E-state index is 13.4. The van der Waals surface area contributed by atoms with Crippen LogP contribution >= 0.6 is 11.6 Å². The van der Waals surface area contributed by atoms with Gasteiger partial charge in [0.2, 0.25) is 5.91 Å². The first kappa shape index (κ1) is 24.6. The number of nitrogens with one attached hydrogen (secondary N) is 1. The zero-order valence-corrected chi connectivity index (χ0v) is 20.0. The van der Waals surface area contributed by atoms with Gasteiger partial charge in [-0.2, -0.15) is 0 Å². The zero-order chi connectivity index (χ0) is 23.7. The fourth-order valence-corrected chi connectivity index (χ4v) is 4.82. The van der Waals surface area contributed by atoms with Crippen molar-refractivity contribution in [2.45, 2.75) is 24.7 Å². The molecule has 8 heteroatoms. The summed E-state index contributed by atoms with van der Waals surface area (Å²) in [7, 11) is -3.99. The molecule has 0 saturated heterocycles. The Morgan fingerprint density at radius 3 is 2.27 bits per heavy atom. The van der Waals surface area contributed by atoms with E-state index in [1.54, 1.807) is 24.3 Å². The van der Waals surface area contributed by atoms with E-state index in [2.05, 4.69) is 5.32 Å². The van der Waals surface area contributed by atoms with Crippen LogP contribution in [0.4, 0.5) is 5.69 Å². The Hall–Kier alpha value is -3.03. The molecule has 174 valence electrons. The van der Waals surface area contributed by atoms with Crippen LogP contribution < -0.4 is 14.4 Å². The number of halogens is 1. The number of carbonyl (C=O) groups is 1. The molecule has 0 aliphatic heterocycles. The lowest BCUT2D eigenvalue weighted by Crippen LogP contribution is -2.41. The van der Waals surface area contributed by atoms with Crippen molar-refractivity contribution in [2.24, 2.45) is 0 Å². The number of hydrogen-bond acceptors (Lipinski definition) is 4. The predicted molar refractivity (Wildman–Crippen MR) is 131 cm³/mol. The first-order chi connectivity index (χ1) is 15.9. The van der Waals surface area contributed by atoms with Crippen LogP contribution in [0.25, 0.3) is 0 Å². The smallest absolute Gasteiger partial charge is 0.264 e. The van der Waals surface area contributed by atoms with E-state index in [4.69, 9.17) is 16.3 Å². The molecule has 0 bridgehead atoms. The van der Waals surface area contributed by atoms with Crippen molar-refractivity contribution in [3.63, 3.8) is 0 Å². The Kier molecular flexibility index (Phi) is 8.74. The summed E-state index contributed by atoms with van der Waals surface area (Å²) >= 11 is 5.92. The maximum atomic E-state index is 13.4. The third-order valence-electron chi connectivity index (χ3n) is 4.93. The van der Waals surface area contributed by atoms with Crippen molar-refractivity contribution in [2.75, 3.05) is 24.0 Å². The van der Waals surface area contributed by atoms with Gasteiger partial charge in [0.1, 0.15) is 12.3 Å². The molecule has 1 amide bonds. The molecule has 0 saturated carbocycles. The van der Waals surface area contributed by atoms with Crippen LogP contribution in [0.15, 0.2) is 83.8 Å². The highest BCUT2D eigenvalue weighted by Crippen LogP contribution is 2.26. The Bertz CT molecular complexity index is 1140. The average Bonchev–Trinajstić information content (AvgIpc) is 2.82. The van der Waals surface area contributed by atoms with Crippen LogP contribution in [0.2, 0.25) is 5.02 Å². The van der Waals surface area contributed by atoms with E-state index in [1.165, 1.54) is 29.8 Å². The fourth-order valence-electron chi connectivity index (χ4n) is 3.28. The first-order valence-corrected chi connectivity index (χ1v) is 12.5. The minimum Gasteiger partial charge on any atom is -0.494 e. The second-order valence-corrected chi connectivity index (χ2v) is 9.63. The third-order valence-corrected chi connectivity index (χ3v) is 6.97. The zero-order valence-electron chi connectivity index (χ0n) is 18.4. The van der Waals surface area contributed by atoms with Gasteiger partial charge in [0, 0.05) is 11.6 Å². The van der Waals surface area contributed by atoms with Crippen molar-refractivity contribution in [1.29, 1.82) is 0 Å². The Morgan fingerprint density at radius 1 is 0.970 bits per heavy atom. The van der Waals surface area contributed by atoms with Gasteiger partial charge in [0.25, 0.3) is 10.0 Å². The highest BCUT2D eigenvalue weighted by molar-refractivity contribution is 7.92. The van der Waals surface area contributed by atoms with E-state index in [0.717, 1.165) is 17.1 Å². The number of amides is 1. The van der Waals surface area contributed by atoms with Gasteiger partial charge in [-0.15, -0.1) is 0 Å². The Morgan fingerprint density at radius 2 is 1.64 bits per heavy atom. The predicted octanol–water partition coefficient (Wildman–Crippen LogP) is 4.68. The summed E-state index contributed by atoms with van der Waals surface area (Å²) in [6.45, 7) is 2.47. The van der Waals surface area contributed by atoms with E-state index in [9.17, 15) is 13.2 Å². The van der Waals surface area contributed by atoms with Crippen LogP contribution in [-0.4, -0.2) is 34.0 Å². The molecule has 0 atom stereocenters. The van der Waals surface area contributed by atoms with Crippen LogP contribution in [0.5, 0.6) is 5.75 Å². The number of sulfonamides is 1. The molecule has 1 N–H and O–H groups in total. The molecule has 0 aromatic heterocycles. The van der Waals surface area contributed by atoms with Crippen molar-refractivity contribution >= 4 is 33.2 Å². The fraction of sp³-hybridized carbons (Fsp3) is 0.240. The van der Waals surface area contributed by atoms with Gasteiger partial charge < -0.3 is 10.1 Å². The summed E-state index contributed by atoms with van der Waals surface area (Å²) in [5, 5.41) is 3.26. The molecule has 0 aliphatic carbocycles. The maximum Gasteiger partial charge on any atom is 0.264 e. The molecule has 0 spiro atoms. The van der Waals surface area contributed by atoms with E-state index in [-0.39, 0.29) is 17.3 Å². The second kappa shape index (κ2) is 11.7. The minimum atomic E-state index is -3.99. The largest absolute Gasteiger partial charge is 0.494 e. The Balaban J connectivity index is 1.73. The number of rotatable bonds is 11. The number of ether oxygens (including phenoxy) is 1. The lowest BCUT2D eigenvalue weighted by Gasteiger charge is -2.24. The van der Waals surface area contributed by atoms with Crippen LogP contribution in [0.3, 0.4) is 0 Å². The normalized spacial score (nSPS) is 11.1. The first-order valence-electron chi connectivity index (χ1n) is 10.7. The van der Waals surface area contributed by atoms with E-state index >= 15 is 0 Å². The molecular weight excluding hydrogens is 460 g/mol. The molecule has 3 aromatic carbocycles. The summed E-state index contributed by atoms with van der Waals surface area (Å²) < 4.78 is 33.3. The Labute approximate surface area is 200 Å². The van der Waals surface area contributed by atoms with Crippen molar-refractivity contribution in [3.8, 4) is 5.75 Å². The van der Waals surface area contributed by atoms with Gasteiger partial charge in [-0.25, -0.2) is 8.42 Å². The number of aryl methyl sites for hydroxylation is 1. The molecule has 0 unspecified atom stereocenters. The minimum absolute atomic E-state index is 0.0534. The molecule has 0 fully saturated rings. The highest BCUT2D eigenvalue weighted by atomic mass is 35.5. The molecule has 0 radical (unpaired) electrons. The van der Waals surface area contributed by atoms with Crippen molar-refractivity contribution in [3.05, 3.63) is 89.4 Å². The lowest BCUT2D eigenvalue weighted by molar-refractivity contribution is -0.119. The number of carbonyl (C=O) groups excluding carboxylic acids is 1. The van der Waals surface area contributed by atoms with Gasteiger partial charge in [0.15, 0.2) is 0 Å². The van der Waals surface area contributed by atoms with E-state index in [1.807, 2.05) is 37.3 Å².